The van der Waals surface area contributed by atoms with Crippen molar-refractivity contribution >= 4 is 46.3 Å². The first-order chi connectivity index (χ1) is 10.9. The lowest BCUT2D eigenvalue weighted by molar-refractivity contribution is -0.145. The largest absolute Gasteiger partial charge is 0.480 e. The van der Waals surface area contributed by atoms with Gasteiger partial charge in [0.25, 0.3) is 5.91 Å². The highest BCUT2D eigenvalue weighted by Gasteiger charge is 2.40. The number of carboxylic acid groups (broad SMARTS) is 1. The monoisotopic (exact) mass is 349 g/mol. The van der Waals surface area contributed by atoms with Gasteiger partial charge < -0.3 is 5.11 Å². The van der Waals surface area contributed by atoms with E-state index >= 15 is 0 Å². The van der Waals surface area contributed by atoms with E-state index in [1.807, 2.05) is 38.1 Å². The molecule has 1 atom stereocenters. The van der Waals surface area contributed by atoms with E-state index in [2.05, 4.69) is 0 Å². The number of thioether (sulfide) groups is 1. The van der Waals surface area contributed by atoms with Crippen LogP contribution < -0.4 is 0 Å². The Labute approximate surface area is 145 Å². The topological polar surface area (TPSA) is 57.6 Å². The summed E-state index contributed by atoms with van der Waals surface area (Å²) in [5.41, 5.74) is 2.04. The number of thiocarbonyl (C=S) groups is 1. The molecular weight excluding hydrogens is 330 g/mol. The van der Waals surface area contributed by atoms with Gasteiger partial charge in [0.05, 0.1) is 4.91 Å². The number of benzene rings is 1. The predicted octanol–water partition coefficient (Wildman–Crippen LogP) is 3.84. The van der Waals surface area contributed by atoms with Gasteiger partial charge in [0.1, 0.15) is 10.4 Å². The van der Waals surface area contributed by atoms with Crippen LogP contribution in [0, 0.1) is 6.92 Å². The van der Waals surface area contributed by atoms with Crippen LogP contribution in [0.15, 0.2) is 29.2 Å². The molecule has 0 spiro atoms. The second-order valence-electron chi connectivity index (χ2n) is 5.46. The SMILES string of the molecule is CCCC[C@H](C(=O)O)N1C(=O)/C(=C/c2ccc(C)cc2)SC1=S. The van der Waals surface area contributed by atoms with Crippen LogP contribution in [0.4, 0.5) is 0 Å². The zero-order chi connectivity index (χ0) is 17.0. The quantitative estimate of drug-likeness (QED) is 0.625. The number of rotatable bonds is 6. The van der Waals surface area contributed by atoms with E-state index < -0.39 is 12.0 Å². The molecule has 0 aliphatic carbocycles. The Morgan fingerprint density at radius 3 is 2.61 bits per heavy atom. The van der Waals surface area contributed by atoms with Gasteiger partial charge in [-0.05, 0) is 25.0 Å². The first-order valence-corrected chi connectivity index (χ1v) is 8.73. The van der Waals surface area contributed by atoms with Crippen LogP contribution in [0.3, 0.4) is 0 Å². The average molecular weight is 349 g/mol. The number of aryl methyl sites for hydroxylation is 1. The van der Waals surface area contributed by atoms with Crippen molar-refractivity contribution in [1.82, 2.24) is 4.90 Å². The number of amides is 1. The standard InChI is InChI=1S/C17H19NO3S2/c1-3-4-5-13(16(20)21)18-15(19)14(23-17(18)22)10-12-8-6-11(2)7-9-12/h6-10,13H,3-5H2,1-2H3,(H,20,21)/b14-10-/t13-/m1/s1. The molecule has 0 unspecified atom stereocenters. The van der Waals surface area contributed by atoms with Crippen LogP contribution in [-0.2, 0) is 9.59 Å². The predicted molar refractivity (Wildman–Crippen MR) is 97.1 cm³/mol. The summed E-state index contributed by atoms with van der Waals surface area (Å²) in [7, 11) is 0. The highest BCUT2D eigenvalue weighted by atomic mass is 32.2. The Morgan fingerprint density at radius 1 is 1.39 bits per heavy atom. The Kier molecular flexibility index (Phi) is 5.96. The first kappa shape index (κ1) is 17.7. The lowest BCUT2D eigenvalue weighted by Crippen LogP contribution is -2.43. The molecule has 1 aliphatic rings. The first-order valence-electron chi connectivity index (χ1n) is 7.50. The minimum Gasteiger partial charge on any atom is -0.480 e. The fourth-order valence-corrected chi connectivity index (χ4v) is 3.68. The van der Waals surface area contributed by atoms with Crippen molar-refractivity contribution in [2.45, 2.75) is 39.2 Å². The summed E-state index contributed by atoms with van der Waals surface area (Å²) >= 11 is 6.41. The molecule has 1 aromatic carbocycles. The van der Waals surface area contributed by atoms with Gasteiger partial charge in [0, 0.05) is 0 Å². The molecule has 0 bridgehead atoms. The molecule has 1 fully saturated rings. The highest BCUT2D eigenvalue weighted by Crippen LogP contribution is 2.35. The summed E-state index contributed by atoms with van der Waals surface area (Å²) < 4.78 is 0.317. The third-order valence-corrected chi connectivity index (χ3v) is 4.96. The van der Waals surface area contributed by atoms with Crippen LogP contribution in [0.1, 0.15) is 37.3 Å². The molecule has 0 radical (unpaired) electrons. The van der Waals surface area contributed by atoms with Crippen molar-refractivity contribution in [3.63, 3.8) is 0 Å². The number of hydrogen-bond acceptors (Lipinski definition) is 4. The minimum atomic E-state index is -1.01. The number of aliphatic carboxylic acids is 1. The Hall–Kier alpha value is -1.66. The lowest BCUT2D eigenvalue weighted by Gasteiger charge is -2.22. The molecule has 1 N–H and O–H groups in total. The molecule has 2 rings (SSSR count). The molecule has 122 valence electrons. The zero-order valence-electron chi connectivity index (χ0n) is 13.1. The van der Waals surface area contributed by atoms with Crippen LogP contribution in [0.5, 0.6) is 0 Å². The number of carbonyl (C=O) groups excluding carboxylic acids is 1. The van der Waals surface area contributed by atoms with Crippen molar-refractivity contribution in [3.8, 4) is 0 Å². The molecule has 6 heteroatoms. The fraction of sp³-hybridized carbons (Fsp3) is 0.353. The lowest BCUT2D eigenvalue weighted by atomic mass is 10.1. The summed E-state index contributed by atoms with van der Waals surface area (Å²) in [6.45, 7) is 3.98. The molecule has 0 aromatic heterocycles. The maximum atomic E-state index is 12.6. The molecule has 1 saturated heterocycles. The van der Waals surface area contributed by atoms with Crippen LogP contribution in [-0.4, -0.2) is 32.2 Å². The third-order valence-electron chi connectivity index (χ3n) is 3.63. The highest BCUT2D eigenvalue weighted by molar-refractivity contribution is 8.26. The van der Waals surface area contributed by atoms with Gasteiger partial charge >= 0.3 is 5.97 Å². The summed E-state index contributed by atoms with van der Waals surface area (Å²) in [6.07, 6.45) is 3.79. The second kappa shape index (κ2) is 7.75. The minimum absolute atomic E-state index is 0.316. The van der Waals surface area contributed by atoms with E-state index in [-0.39, 0.29) is 5.91 Å². The van der Waals surface area contributed by atoms with Gasteiger partial charge in [-0.25, -0.2) is 4.79 Å². The summed E-state index contributed by atoms with van der Waals surface area (Å²) in [5, 5.41) is 9.42. The third kappa shape index (κ3) is 4.20. The molecule has 23 heavy (non-hydrogen) atoms. The van der Waals surface area contributed by atoms with Gasteiger partial charge in [0.15, 0.2) is 0 Å². The fourth-order valence-electron chi connectivity index (χ4n) is 2.32. The Balaban J connectivity index is 2.24. The molecule has 1 aliphatic heterocycles. The van der Waals surface area contributed by atoms with Crippen molar-refractivity contribution in [2.24, 2.45) is 0 Å². The maximum absolute atomic E-state index is 12.6. The van der Waals surface area contributed by atoms with Gasteiger partial charge in [-0.1, -0.05) is 73.6 Å². The van der Waals surface area contributed by atoms with E-state index in [1.54, 1.807) is 6.08 Å². The number of carboxylic acids is 1. The second-order valence-corrected chi connectivity index (χ2v) is 7.13. The molecular formula is C17H19NO3S2. The zero-order valence-corrected chi connectivity index (χ0v) is 14.7. The smallest absolute Gasteiger partial charge is 0.326 e. The summed E-state index contributed by atoms with van der Waals surface area (Å²) in [4.78, 5) is 25.8. The van der Waals surface area contributed by atoms with Gasteiger partial charge in [-0.3, -0.25) is 9.69 Å². The summed E-state index contributed by atoms with van der Waals surface area (Å²) in [6, 6.07) is 6.90. The Morgan fingerprint density at radius 2 is 2.04 bits per heavy atom. The number of hydrogen-bond donors (Lipinski definition) is 1. The average Bonchev–Trinajstić information content (AvgIpc) is 2.77. The number of nitrogens with zero attached hydrogens (tertiary/aromatic N) is 1. The number of unbranched alkanes of at least 4 members (excludes halogenated alkanes) is 1. The molecule has 1 heterocycles. The van der Waals surface area contributed by atoms with Crippen LogP contribution >= 0.6 is 24.0 Å². The van der Waals surface area contributed by atoms with Crippen LogP contribution in [0.2, 0.25) is 0 Å². The van der Waals surface area contributed by atoms with Gasteiger partial charge in [-0.2, -0.15) is 0 Å². The van der Waals surface area contributed by atoms with Gasteiger partial charge in [0.2, 0.25) is 0 Å². The molecule has 1 amide bonds. The van der Waals surface area contributed by atoms with E-state index in [4.69, 9.17) is 12.2 Å². The van der Waals surface area contributed by atoms with E-state index in [0.29, 0.717) is 15.6 Å². The molecule has 1 aromatic rings. The van der Waals surface area contributed by atoms with Crippen molar-refractivity contribution in [2.75, 3.05) is 0 Å². The Bertz CT molecular complexity index is 652. The molecule has 4 nitrogen and oxygen atoms in total. The van der Waals surface area contributed by atoms with E-state index in [1.165, 1.54) is 16.7 Å². The van der Waals surface area contributed by atoms with Crippen LogP contribution in [0.25, 0.3) is 6.08 Å². The number of carbonyl (C=O) groups is 2. The normalized spacial score (nSPS) is 17.8. The van der Waals surface area contributed by atoms with Gasteiger partial charge in [-0.15, -0.1) is 0 Å². The van der Waals surface area contributed by atoms with Crippen molar-refractivity contribution < 1.29 is 14.7 Å². The maximum Gasteiger partial charge on any atom is 0.326 e. The van der Waals surface area contributed by atoms with E-state index in [9.17, 15) is 14.7 Å². The van der Waals surface area contributed by atoms with Crippen molar-refractivity contribution in [1.29, 1.82) is 0 Å². The van der Waals surface area contributed by atoms with E-state index in [0.717, 1.165) is 24.0 Å². The molecule has 0 saturated carbocycles. The summed E-state index contributed by atoms with van der Waals surface area (Å²) in [5.74, 6) is -1.32. The van der Waals surface area contributed by atoms with Crippen molar-refractivity contribution in [3.05, 3.63) is 40.3 Å².